The smallest absolute Gasteiger partial charge is 0.151 e. The van der Waals surface area contributed by atoms with Crippen LogP contribution in [-0.2, 0) is 6.54 Å². The van der Waals surface area contributed by atoms with Crippen LogP contribution in [0.4, 0.5) is 0 Å². The van der Waals surface area contributed by atoms with E-state index in [0.717, 1.165) is 36.5 Å². The second kappa shape index (κ2) is 6.87. The van der Waals surface area contributed by atoms with Gasteiger partial charge in [-0.15, -0.1) is 0 Å². The first-order valence-corrected chi connectivity index (χ1v) is 7.73. The van der Waals surface area contributed by atoms with Crippen molar-refractivity contribution in [2.45, 2.75) is 38.3 Å². The fourth-order valence-electron chi connectivity index (χ4n) is 3.08. The minimum atomic E-state index is 0.257. The highest BCUT2D eigenvalue weighted by Crippen LogP contribution is 2.24. The quantitative estimate of drug-likeness (QED) is 0.917. The molecule has 1 aromatic carbocycles. The van der Waals surface area contributed by atoms with Gasteiger partial charge in [0.2, 0.25) is 0 Å². The van der Waals surface area contributed by atoms with E-state index in [1.807, 2.05) is 36.4 Å². The Hall–Kier alpha value is -1.65. The van der Waals surface area contributed by atoms with Crippen molar-refractivity contribution in [1.82, 2.24) is 10.1 Å². The van der Waals surface area contributed by atoms with Crippen molar-refractivity contribution in [1.29, 1.82) is 0 Å². The lowest BCUT2D eigenvalue weighted by Crippen LogP contribution is -2.39. The van der Waals surface area contributed by atoms with E-state index >= 15 is 0 Å². The number of aliphatic hydroxyl groups excluding tert-OH is 1. The summed E-state index contributed by atoms with van der Waals surface area (Å²) in [6, 6.07) is 12.6. The molecule has 1 aliphatic rings. The van der Waals surface area contributed by atoms with Crippen LogP contribution in [0.15, 0.2) is 40.9 Å². The van der Waals surface area contributed by atoms with E-state index < -0.39 is 0 Å². The van der Waals surface area contributed by atoms with Crippen LogP contribution < -0.4 is 0 Å². The van der Waals surface area contributed by atoms with E-state index in [1.54, 1.807) is 0 Å². The minimum absolute atomic E-state index is 0.257. The van der Waals surface area contributed by atoms with Crippen LogP contribution >= 0.6 is 0 Å². The van der Waals surface area contributed by atoms with Crippen LogP contribution in [0.3, 0.4) is 0 Å². The normalized spacial score (nSPS) is 19.8. The van der Waals surface area contributed by atoms with Crippen molar-refractivity contribution < 1.29 is 9.63 Å². The molecule has 4 heteroatoms. The fraction of sp³-hybridized carbons (Fsp3) is 0.471. The topological polar surface area (TPSA) is 49.5 Å². The summed E-state index contributed by atoms with van der Waals surface area (Å²) in [5, 5.41) is 13.4. The van der Waals surface area contributed by atoms with Gasteiger partial charge in [0.1, 0.15) is 5.69 Å². The molecule has 2 heterocycles. The van der Waals surface area contributed by atoms with Gasteiger partial charge in [0.25, 0.3) is 0 Å². The van der Waals surface area contributed by atoms with Gasteiger partial charge in [-0.3, -0.25) is 4.90 Å². The number of piperidine rings is 1. The second-order valence-corrected chi connectivity index (χ2v) is 5.68. The minimum Gasteiger partial charge on any atom is -0.396 e. The summed E-state index contributed by atoms with van der Waals surface area (Å²) >= 11 is 0. The van der Waals surface area contributed by atoms with E-state index in [2.05, 4.69) is 10.1 Å². The van der Waals surface area contributed by atoms with Gasteiger partial charge in [0.05, 0.1) is 6.54 Å². The standard InChI is InChI=1S/C17H22N2O2/c20-11-9-15-8-4-5-10-19(15)13-16-12-17(18-21-16)14-6-2-1-3-7-14/h1-3,6-7,12,15,20H,4-5,8-11,13H2. The molecular formula is C17H22N2O2. The van der Waals surface area contributed by atoms with Gasteiger partial charge in [-0.05, 0) is 25.8 Å². The van der Waals surface area contributed by atoms with Gasteiger partial charge >= 0.3 is 0 Å². The van der Waals surface area contributed by atoms with Crippen molar-refractivity contribution in [3.05, 3.63) is 42.2 Å². The monoisotopic (exact) mass is 286 g/mol. The Balaban J connectivity index is 1.69. The third kappa shape index (κ3) is 3.52. The average molecular weight is 286 g/mol. The molecular weight excluding hydrogens is 264 g/mol. The maximum atomic E-state index is 9.19. The molecule has 21 heavy (non-hydrogen) atoms. The van der Waals surface area contributed by atoms with Gasteiger partial charge in [-0.2, -0.15) is 0 Å². The molecule has 1 atom stereocenters. The van der Waals surface area contributed by atoms with E-state index in [-0.39, 0.29) is 6.61 Å². The zero-order valence-corrected chi connectivity index (χ0v) is 12.2. The fourth-order valence-corrected chi connectivity index (χ4v) is 3.08. The Morgan fingerprint density at radius 2 is 2.10 bits per heavy atom. The molecule has 3 rings (SSSR count). The summed E-state index contributed by atoms with van der Waals surface area (Å²) in [4.78, 5) is 2.41. The van der Waals surface area contributed by atoms with Gasteiger partial charge in [-0.1, -0.05) is 41.9 Å². The molecule has 0 saturated carbocycles. The highest BCUT2D eigenvalue weighted by molar-refractivity contribution is 5.58. The van der Waals surface area contributed by atoms with Crippen LogP contribution in [-0.4, -0.2) is 34.4 Å². The molecule has 0 amide bonds. The Morgan fingerprint density at radius 1 is 1.24 bits per heavy atom. The third-order valence-corrected chi connectivity index (χ3v) is 4.20. The first-order chi connectivity index (χ1) is 10.4. The van der Waals surface area contributed by atoms with Crippen molar-refractivity contribution in [3.63, 3.8) is 0 Å². The largest absolute Gasteiger partial charge is 0.396 e. The summed E-state index contributed by atoms with van der Waals surface area (Å²) in [6.07, 6.45) is 4.49. The van der Waals surface area contributed by atoms with Crippen LogP contribution in [0.2, 0.25) is 0 Å². The summed E-state index contributed by atoms with van der Waals surface area (Å²) in [6.45, 7) is 2.11. The number of benzene rings is 1. The predicted octanol–water partition coefficient (Wildman–Crippen LogP) is 3.08. The highest BCUT2D eigenvalue weighted by atomic mass is 16.5. The summed E-state index contributed by atoms with van der Waals surface area (Å²) in [7, 11) is 0. The highest BCUT2D eigenvalue weighted by Gasteiger charge is 2.23. The van der Waals surface area contributed by atoms with E-state index in [0.29, 0.717) is 6.04 Å². The SMILES string of the molecule is OCCC1CCCCN1Cc1cc(-c2ccccc2)no1. The number of rotatable bonds is 5. The molecule has 2 aromatic rings. The lowest BCUT2D eigenvalue weighted by Gasteiger charge is -2.34. The number of aliphatic hydroxyl groups is 1. The van der Waals surface area contributed by atoms with Crippen LogP contribution in [0.1, 0.15) is 31.4 Å². The molecule has 1 unspecified atom stereocenters. The number of hydrogen-bond acceptors (Lipinski definition) is 4. The van der Waals surface area contributed by atoms with E-state index in [1.165, 1.54) is 19.3 Å². The lowest BCUT2D eigenvalue weighted by molar-refractivity contribution is 0.102. The molecule has 0 spiro atoms. The first-order valence-electron chi connectivity index (χ1n) is 7.73. The molecule has 1 saturated heterocycles. The van der Waals surface area contributed by atoms with Gasteiger partial charge < -0.3 is 9.63 Å². The first kappa shape index (κ1) is 14.3. The Labute approximate surface area is 125 Å². The van der Waals surface area contributed by atoms with Crippen LogP contribution in [0.5, 0.6) is 0 Å². The zero-order chi connectivity index (χ0) is 14.5. The van der Waals surface area contributed by atoms with Crippen LogP contribution in [0.25, 0.3) is 11.3 Å². The molecule has 0 radical (unpaired) electrons. The Kier molecular flexibility index (Phi) is 4.68. The average Bonchev–Trinajstić information content (AvgIpc) is 2.99. The van der Waals surface area contributed by atoms with Crippen LogP contribution in [0, 0.1) is 0 Å². The van der Waals surface area contributed by atoms with E-state index in [9.17, 15) is 5.11 Å². The molecule has 1 N–H and O–H groups in total. The molecule has 1 aliphatic heterocycles. The van der Waals surface area contributed by atoms with Crippen molar-refractivity contribution in [3.8, 4) is 11.3 Å². The summed E-state index contributed by atoms with van der Waals surface area (Å²) in [5.41, 5.74) is 1.97. The number of nitrogens with zero attached hydrogens (tertiary/aromatic N) is 2. The number of hydrogen-bond donors (Lipinski definition) is 1. The second-order valence-electron chi connectivity index (χ2n) is 5.68. The molecule has 1 fully saturated rings. The van der Waals surface area contributed by atoms with Crippen molar-refractivity contribution in [2.75, 3.05) is 13.2 Å². The molecule has 0 aliphatic carbocycles. The van der Waals surface area contributed by atoms with E-state index in [4.69, 9.17) is 4.52 Å². The Bertz CT molecular complexity index is 551. The molecule has 0 bridgehead atoms. The molecule has 4 nitrogen and oxygen atoms in total. The van der Waals surface area contributed by atoms with Crippen molar-refractivity contribution in [2.24, 2.45) is 0 Å². The summed E-state index contributed by atoms with van der Waals surface area (Å²) in [5.74, 6) is 0.902. The maximum absolute atomic E-state index is 9.19. The third-order valence-electron chi connectivity index (χ3n) is 4.20. The van der Waals surface area contributed by atoms with Crippen molar-refractivity contribution >= 4 is 0 Å². The van der Waals surface area contributed by atoms with Gasteiger partial charge in [-0.25, -0.2) is 0 Å². The summed E-state index contributed by atoms with van der Waals surface area (Å²) < 4.78 is 5.49. The van der Waals surface area contributed by atoms with Gasteiger partial charge in [0.15, 0.2) is 5.76 Å². The number of likely N-dealkylation sites (tertiary alicyclic amines) is 1. The molecule has 1 aromatic heterocycles. The van der Waals surface area contributed by atoms with Gasteiger partial charge in [0, 0.05) is 24.3 Å². The zero-order valence-electron chi connectivity index (χ0n) is 12.2. The maximum Gasteiger partial charge on any atom is 0.151 e. The lowest BCUT2D eigenvalue weighted by atomic mass is 9.99. The Morgan fingerprint density at radius 3 is 2.90 bits per heavy atom. The number of aromatic nitrogens is 1. The molecule has 112 valence electrons. The predicted molar refractivity (Wildman–Crippen MR) is 81.7 cm³/mol.